The summed E-state index contributed by atoms with van der Waals surface area (Å²) >= 11 is 0. The molecule has 0 aromatic heterocycles. The van der Waals surface area contributed by atoms with Gasteiger partial charge in [-0.2, -0.15) is 0 Å². The molecule has 0 aliphatic heterocycles. The monoisotopic (exact) mass is 256 g/mol. The Balaban J connectivity index is 2.76. The highest BCUT2D eigenvalue weighted by atomic mass is 16.5. The number of methoxy groups -OCH3 is 1. The van der Waals surface area contributed by atoms with Gasteiger partial charge in [-0.05, 0) is 32.1 Å². The van der Waals surface area contributed by atoms with Gasteiger partial charge in [0.05, 0.1) is 0 Å². The average molecular weight is 256 g/mol. The van der Waals surface area contributed by atoms with Crippen molar-refractivity contribution in [2.45, 2.75) is 64.5 Å². The van der Waals surface area contributed by atoms with E-state index in [4.69, 9.17) is 10.5 Å². The van der Waals surface area contributed by atoms with Crippen molar-refractivity contribution < 1.29 is 4.74 Å². The Morgan fingerprint density at radius 3 is 2.39 bits per heavy atom. The van der Waals surface area contributed by atoms with Crippen LogP contribution in [0, 0.1) is 5.92 Å². The second-order valence-corrected chi connectivity index (χ2v) is 6.43. The zero-order valence-corrected chi connectivity index (χ0v) is 12.7. The van der Waals surface area contributed by atoms with Gasteiger partial charge in [0.2, 0.25) is 0 Å². The van der Waals surface area contributed by atoms with Crippen molar-refractivity contribution in [3.63, 3.8) is 0 Å². The van der Waals surface area contributed by atoms with E-state index in [0.717, 1.165) is 32.2 Å². The van der Waals surface area contributed by atoms with E-state index in [1.807, 2.05) is 0 Å². The maximum atomic E-state index is 6.09. The first-order valence-corrected chi connectivity index (χ1v) is 7.49. The SMILES string of the molecule is COCCC(C)(CN)N(CC(C)C)C1CCCC1. The molecule has 0 amide bonds. The summed E-state index contributed by atoms with van der Waals surface area (Å²) in [4.78, 5) is 2.68. The minimum Gasteiger partial charge on any atom is -0.385 e. The first-order valence-electron chi connectivity index (χ1n) is 7.49. The molecule has 2 N–H and O–H groups in total. The molecule has 1 fully saturated rings. The molecule has 1 rings (SSSR count). The number of nitrogens with zero attached hydrogens (tertiary/aromatic N) is 1. The molecule has 0 aromatic rings. The summed E-state index contributed by atoms with van der Waals surface area (Å²) in [6.07, 6.45) is 6.47. The van der Waals surface area contributed by atoms with E-state index >= 15 is 0 Å². The largest absolute Gasteiger partial charge is 0.385 e. The summed E-state index contributed by atoms with van der Waals surface area (Å²) in [5, 5.41) is 0. The third-order valence-electron chi connectivity index (χ3n) is 4.31. The van der Waals surface area contributed by atoms with Crippen LogP contribution in [0.1, 0.15) is 52.9 Å². The second-order valence-electron chi connectivity index (χ2n) is 6.43. The molecule has 0 heterocycles. The van der Waals surface area contributed by atoms with Gasteiger partial charge in [-0.15, -0.1) is 0 Å². The third kappa shape index (κ3) is 4.22. The molecule has 1 unspecified atom stereocenters. The Labute approximate surface area is 113 Å². The normalized spacial score (nSPS) is 20.8. The van der Waals surface area contributed by atoms with Gasteiger partial charge in [0.25, 0.3) is 0 Å². The van der Waals surface area contributed by atoms with Crippen molar-refractivity contribution in [1.29, 1.82) is 0 Å². The van der Waals surface area contributed by atoms with Gasteiger partial charge in [0.15, 0.2) is 0 Å². The summed E-state index contributed by atoms with van der Waals surface area (Å²) < 4.78 is 5.27. The van der Waals surface area contributed by atoms with Crippen molar-refractivity contribution in [3.05, 3.63) is 0 Å². The van der Waals surface area contributed by atoms with Crippen LogP contribution < -0.4 is 5.73 Å². The zero-order chi connectivity index (χ0) is 13.6. The molecule has 0 spiro atoms. The first-order chi connectivity index (χ1) is 8.53. The molecule has 1 aliphatic carbocycles. The summed E-state index contributed by atoms with van der Waals surface area (Å²) in [5.74, 6) is 0.694. The van der Waals surface area contributed by atoms with E-state index in [-0.39, 0.29) is 5.54 Å². The summed E-state index contributed by atoms with van der Waals surface area (Å²) in [6, 6.07) is 0.734. The van der Waals surface area contributed by atoms with Gasteiger partial charge in [0.1, 0.15) is 0 Å². The van der Waals surface area contributed by atoms with Crippen LogP contribution in [0.25, 0.3) is 0 Å². The lowest BCUT2D eigenvalue weighted by molar-refractivity contribution is 0.0255. The van der Waals surface area contributed by atoms with Crippen LogP contribution in [-0.2, 0) is 4.74 Å². The Hall–Kier alpha value is -0.120. The van der Waals surface area contributed by atoms with E-state index in [2.05, 4.69) is 25.7 Å². The first kappa shape index (κ1) is 15.9. The molecule has 3 nitrogen and oxygen atoms in total. The van der Waals surface area contributed by atoms with E-state index in [1.54, 1.807) is 7.11 Å². The van der Waals surface area contributed by atoms with Crippen molar-refractivity contribution in [3.8, 4) is 0 Å². The van der Waals surface area contributed by atoms with E-state index < -0.39 is 0 Å². The Kier molecular flexibility index (Phi) is 6.61. The Morgan fingerprint density at radius 1 is 1.33 bits per heavy atom. The van der Waals surface area contributed by atoms with Crippen LogP contribution >= 0.6 is 0 Å². The summed E-state index contributed by atoms with van der Waals surface area (Å²) in [5.41, 5.74) is 6.19. The Bertz CT molecular complexity index is 227. The van der Waals surface area contributed by atoms with Crippen LogP contribution in [-0.4, -0.2) is 43.3 Å². The Morgan fingerprint density at radius 2 is 1.94 bits per heavy atom. The van der Waals surface area contributed by atoms with Gasteiger partial charge in [-0.3, -0.25) is 4.90 Å². The van der Waals surface area contributed by atoms with Gasteiger partial charge >= 0.3 is 0 Å². The predicted molar refractivity (Wildman–Crippen MR) is 77.8 cm³/mol. The lowest BCUT2D eigenvalue weighted by Crippen LogP contribution is -2.57. The summed E-state index contributed by atoms with van der Waals surface area (Å²) in [7, 11) is 1.78. The van der Waals surface area contributed by atoms with E-state index in [1.165, 1.54) is 25.7 Å². The molecule has 18 heavy (non-hydrogen) atoms. The highest BCUT2D eigenvalue weighted by Crippen LogP contribution is 2.31. The number of rotatable bonds is 8. The molecule has 0 saturated heterocycles. The quantitative estimate of drug-likeness (QED) is 0.725. The molecule has 1 atom stereocenters. The topological polar surface area (TPSA) is 38.5 Å². The number of hydrogen-bond acceptors (Lipinski definition) is 3. The highest BCUT2D eigenvalue weighted by Gasteiger charge is 2.36. The highest BCUT2D eigenvalue weighted by molar-refractivity contribution is 4.93. The van der Waals surface area contributed by atoms with Crippen molar-refractivity contribution in [2.24, 2.45) is 11.7 Å². The molecule has 3 heteroatoms. The standard InChI is InChI=1S/C15H32N2O/c1-13(2)11-17(14-7-5-6-8-14)15(3,12-16)9-10-18-4/h13-14H,5-12,16H2,1-4H3. The number of nitrogens with two attached hydrogens (primary N) is 1. The fourth-order valence-corrected chi connectivity index (χ4v) is 3.10. The van der Waals surface area contributed by atoms with Crippen molar-refractivity contribution in [1.82, 2.24) is 4.90 Å². The van der Waals surface area contributed by atoms with Crippen LogP contribution in [0.4, 0.5) is 0 Å². The molecule has 1 aliphatic rings. The van der Waals surface area contributed by atoms with Gasteiger partial charge in [-0.1, -0.05) is 26.7 Å². The van der Waals surface area contributed by atoms with Gasteiger partial charge in [-0.25, -0.2) is 0 Å². The third-order valence-corrected chi connectivity index (χ3v) is 4.31. The van der Waals surface area contributed by atoms with E-state index in [0.29, 0.717) is 5.92 Å². The minimum atomic E-state index is 0.0925. The lowest BCUT2D eigenvalue weighted by Gasteiger charge is -2.45. The molecule has 0 radical (unpaired) electrons. The van der Waals surface area contributed by atoms with Crippen molar-refractivity contribution >= 4 is 0 Å². The molecule has 0 aromatic carbocycles. The van der Waals surface area contributed by atoms with Gasteiger partial charge < -0.3 is 10.5 Å². The molecule has 108 valence electrons. The fourth-order valence-electron chi connectivity index (χ4n) is 3.10. The van der Waals surface area contributed by atoms with Crippen LogP contribution in [0.3, 0.4) is 0 Å². The fraction of sp³-hybridized carbons (Fsp3) is 1.00. The molecule has 0 bridgehead atoms. The van der Waals surface area contributed by atoms with Crippen LogP contribution in [0.5, 0.6) is 0 Å². The van der Waals surface area contributed by atoms with Crippen LogP contribution in [0.15, 0.2) is 0 Å². The zero-order valence-electron chi connectivity index (χ0n) is 12.7. The smallest absolute Gasteiger partial charge is 0.0480 e. The number of hydrogen-bond donors (Lipinski definition) is 1. The number of ether oxygens (including phenoxy) is 1. The summed E-state index contributed by atoms with van der Waals surface area (Å²) in [6.45, 7) is 9.59. The predicted octanol–water partition coefficient (Wildman–Crippen LogP) is 2.64. The lowest BCUT2D eigenvalue weighted by atomic mass is 9.92. The van der Waals surface area contributed by atoms with E-state index in [9.17, 15) is 0 Å². The molecule has 1 saturated carbocycles. The second kappa shape index (κ2) is 7.46. The molecular formula is C15H32N2O. The maximum Gasteiger partial charge on any atom is 0.0480 e. The van der Waals surface area contributed by atoms with Crippen molar-refractivity contribution in [2.75, 3.05) is 26.8 Å². The average Bonchev–Trinajstić information content (AvgIpc) is 2.86. The van der Waals surface area contributed by atoms with Crippen LogP contribution in [0.2, 0.25) is 0 Å². The molecular weight excluding hydrogens is 224 g/mol. The maximum absolute atomic E-state index is 6.09. The van der Waals surface area contributed by atoms with Gasteiger partial charge in [0, 0.05) is 38.4 Å². The minimum absolute atomic E-state index is 0.0925.